The van der Waals surface area contributed by atoms with Crippen molar-refractivity contribution in [2.75, 3.05) is 7.05 Å². The van der Waals surface area contributed by atoms with Gasteiger partial charge in [-0.15, -0.1) is 0 Å². The Morgan fingerprint density at radius 2 is 1.67 bits per heavy atom. The van der Waals surface area contributed by atoms with E-state index in [-0.39, 0.29) is 17.7 Å². The van der Waals surface area contributed by atoms with Crippen LogP contribution in [0.1, 0.15) is 34.1 Å². The van der Waals surface area contributed by atoms with Gasteiger partial charge in [0.25, 0.3) is 0 Å². The van der Waals surface area contributed by atoms with Gasteiger partial charge in [-0.3, -0.25) is 4.79 Å². The molecule has 0 radical (unpaired) electrons. The Kier molecular flexibility index (Phi) is 5.33. The van der Waals surface area contributed by atoms with Crippen LogP contribution in [0, 0.1) is 11.8 Å². The van der Waals surface area contributed by atoms with Crippen LogP contribution in [0.25, 0.3) is 0 Å². The molecule has 0 fully saturated rings. The molecule has 0 aromatic rings. The summed E-state index contributed by atoms with van der Waals surface area (Å²) >= 11 is 0. The fourth-order valence-electron chi connectivity index (χ4n) is 1.43. The second kappa shape index (κ2) is 5.73. The number of carbonyl (C=O) groups is 2. The van der Waals surface area contributed by atoms with Gasteiger partial charge in [-0.1, -0.05) is 27.7 Å². The van der Waals surface area contributed by atoms with Gasteiger partial charge in [-0.25, -0.2) is 4.79 Å². The Morgan fingerprint density at radius 3 is 1.93 bits per heavy atom. The number of rotatable bonds is 5. The van der Waals surface area contributed by atoms with Gasteiger partial charge < -0.3 is 10.0 Å². The SMILES string of the molecule is CC(C)CC(C(=O)O)N(C)C(=O)C(C)C. The Morgan fingerprint density at radius 1 is 1.20 bits per heavy atom. The quantitative estimate of drug-likeness (QED) is 0.757. The fourth-order valence-corrected chi connectivity index (χ4v) is 1.43. The number of carboxylic acids is 1. The van der Waals surface area contributed by atoms with Crippen LogP contribution in [0.3, 0.4) is 0 Å². The molecule has 0 aliphatic heterocycles. The van der Waals surface area contributed by atoms with Gasteiger partial charge in [0.05, 0.1) is 0 Å². The van der Waals surface area contributed by atoms with E-state index < -0.39 is 12.0 Å². The molecule has 88 valence electrons. The van der Waals surface area contributed by atoms with Gasteiger partial charge in [0, 0.05) is 13.0 Å². The summed E-state index contributed by atoms with van der Waals surface area (Å²) in [5.74, 6) is -0.958. The van der Waals surface area contributed by atoms with E-state index >= 15 is 0 Å². The average molecular weight is 215 g/mol. The van der Waals surface area contributed by atoms with Gasteiger partial charge in [0.1, 0.15) is 6.04 Å². The normalized spacial score (nSPS) is 13.0. The third kappa shape index (κ3) is 4.32. The Labute approximate surface area is 91.3 Å². The maximum Gasteiger partial charge on any atom is 0.326 e. The zero-order valence-corrected chi connectivity index (χ0v) is 10.2. The molecule has 0 aromatic heterocycles. The minimum absolute atomic E-state index is 0.122. The first kappa shape index (κ1) is 13.9. The van der Waals surface area contributed by atoms with E-state index in [1.165, 1.54) is 4.90 Å². The molecular formula is C11H21NO3. The third-order valence-electron chi connectivity index (χ3n) is 2.29. The van der Waals surface area contributed by atoms with Gasteiger partial charge >= 0.3 is 5.97 Å². The van der Waals surface area contributed by atoms with E-state index in [1.807, 2.05) is 13.8 Å². The van der Waals surface area contributed by atoms with E-state index in [9.17, 15) is 9.59 Å². The smallest absolute Gasteiger partial charge is 0.326 e. The number of carboxylic acid groups (broad SMARTS) is 1. The van der Waals surface area contributed by atoms with Crippen LogP contribution in [0.4, 0.5) is 0 Å². The first-order valence-corrected chi connectivity index (χ1v) is 5.26. The number of nitrogens with zero attached hydrogens (tertiary/aromatic N) is 1. The Bertz CT molecular complexity index is 236. The van der Waals surface area contributed by atoms with Crippen molar-refractivity contribution in [3.8, 4) is 0 Å². The first-order chi connectivity index (χ1) is 6.77. The van der Waals surface area contributed by atoms with Crippen molar-refractivity contribution in [1.82, 2.24) is 4.90 Å². The van der Waals surface area contributed by atoms with Crippen LogP contribution in [0.2, 0.25) is 0 Å². The van der Waals surface area contributed by atoms with E-state index in [0.29, 0.717) is 6.42 Å². The number of hydrogen-bond acceptors (Lipinski definition) is 2. The van der Waals surface area contributed by atoms with E-state index in [2.05, 4.69) is 0 Å². The number of aliphatic carboxylic acids is 1. The maximum atomic E-state index is 11.6. The van der Waals surface area contributed by atoms with Crippen molar-refractivity contribution in [2.24, 2.45) is 11.8 Å². The highest BCUT2D eigenvalue weighted by Crippen LogP contribution is 2.13. The molecule has 0 heterocycles. The lowest BCUT2D eigenvalue weighted by Crippen LogP contribution is -2.44. The molecule has 0 aromatic carbocycles. The molecule has 0 saturated heterocycles. The van der Waals surface area contributed by atoms with E-state index in [0.717, 1.165) is 0 Å². The molecule has 4 heteroatoms. The average Bonchev–Trinajstić information content (AvgIpc) is 2.10. The monoisotopic (exact) mass is 215 g/mol. The van der Waals surface area contributed by atoms with Gasteiger partial charge in [-0.2, -0.15) is 0 Å². The lowest BCUT2D eigenvalue weighted by Gasteiger charge is -2.27. The molecule has 15 heavy (non-hydrogen) atoms. The number of hydrogen-bond donors (Lipinski definition) is 1. The Hall–Kier alpha value is -1.06. The van der Waals surface area contributed by atoms with Crippen molar-refractivity contribution < 1.29 is 14.7 Å². The summed E-state index contributed by atoms with van der Waals surface area (Å²) in [5.41, 5.74) is 0. The number of likely N-dealkylation sites (N-methyl/N-ethyl adjacent to an activating group) is 1. The molecule has 0 aliphatic carbocycles. The molecule has 1 N–H and O–H groups in total. The summed E-state index contributed by atoms with van der Waals surface area (Å²) in [6.45, 7) is 7.44. The largest absolute Gasteiger partial charge is 0.480 e. The summed E-state index contributed by atoms with van der Waals surface area (Å²) in [7, 11) is 1.56. The Balaban J connectivity index is 4.62. The van der Waals surface area contributed by atoms with Crippen LogP contribution >= 0.6 is 0 Å². The lowest BCUT2D eigenvalue weighted by molar-refractivity contribution is -0.150. The van der Waals surface area contributed by atoms with E-state index in [4.69, 9.17) is 5.11 Å². The fraction of sp³-hybridized carbons (Fsp3) is 0.818. The lowest BCUT2D eigenvalue weighted by atomic mass is 10.0. The molecular weight excluding hydrogens is 194 g/mol. The number of amides is 1. The highest BCUT2D eigenvalue weighted by molar-refractivity contribution is 5.84. The van der Waals surface area contributed by atoms with E-state index in [1.54, 1.807) is 20.9 Å². The van der Waals surface area contributed by atoms with Crippen molar-refractivity contribution in [1.29, 1.82) is 0 Å². The molecule has 4 nitrogen and oxygen atoms in total. The molecule has 1 amide bonds. The summed E-state index contributed by atoms with van der Waals surface area (Å²) < 4.78 is 0. The summed E-state index contributed by atoms with van der Waals surface area (Å²) in [5, 5.41) is 9.03. The zero-order valence-electron chi connectivity index (χ0n) is 10.2. The highest BCUT2D eigenvalue weighted by Gasteiger charge is 2.28. The minimum Gasteiger partial charge on any atom is -0.480 e. The third-order valence-corrected chi connectivity index (χ3v) is 2.29. The molecule has 1 unspecified atom stereocenters. The van der Waals surface area contributed by atoms with Crippen molar-refractivity contribution in [3.05, 3.63) is 0 Å². The minimum atomic E-state index is -0.930. The van der Waals surface area contributed by atoms with Crippen LogP contribution in [-0.2, 0) is 9.59 Å². The maximum absolute atomic E-state index is 11.6. The highest BCUT2D eigenvalue weighted by atomic mass is 16.4. The van der Waals surface area contributed by atoms with Crippen LogP contribution < -0.4 is 0 Å². The molecule has 0 spiro atoms. The number of carbonyl (C=O) groups excluding carboxylic acids is 1. The summed E-state index contributed by atoms with van der Waals surface area (Å²) in [6.07, 6.45) is 0.490. The van der Waals surface area contributed by atoms with Crippen LogP contribution in [-0.4, -0.2) is 35.0 Å². The van der Waals surface area contributed by atoms with Crippen LogP contribution in [0.5, 0.6) is 0 Å². The van der Waals surface area contributed by atoms with Gasteiger partial charge in [0.15, 0.2) is 0 Å². The second-order valence-electron chi connectivity index (χ2n) is 4.59. The molecule has 0 rings (SSSR count). The topological polar surface area (TPSA) is 57.6 Å². The summed E-state index contributed by atoms with van der Waals surface area (Å²) in [4.78, 5) is 24.0. The standard InChI is InChI=1S/C11H21NO3/c1-7(2)6-9(11(14)15)12(5)10(13)8(3)4/h7-9H,6H2,1-5H3,(H,14,15). The molecule has 0 aliphatic rings. The molecule has 1 atom stereocenters. The van der Waals surface area contributed by atoms with Crippen molar-refractivity contribution >= 4 is 11.9 Å². The zero-order chi connectivity index (χ0) is 12.2. The second-order valence-corrected chi connectivity index (χ2v) is 4.59. The van der Waals surface area contributed by atoms with Crippen molar-refractivity contribution in [3.63, 3.8) is 0 Å². The predicted molar refractivity (Wildman–Crippen MR) is 58.5 cm³/mol. The molecule has 0 saturated carbocycles. The van der Waals surface area contributed by atoms with Crippen molar-refractivity contribution in [2.45, 2.75) is 40.2 Å². The van der Waals surface area contributed by atoms with Crippen LogP contribution in [0.15, 0.2) is 0 Å². The summed E-state index contributed by atoms with van der Waals surface area (Å²) in [6, 6.07) is -0.708. The predicted octanol–water partition coefficient (Wildman–Crippen LogP) is 1.60. The molecule has 0 bridgehead atoms. The van der Waals surface area contributed by atoms with Gasteiger partial charge in [0.2, 0.25) is 5.91 Å². The first-order valence-electron chi connectivity index (χ1n) is 5.26. The van der Waals surface area contributed by atoms with Gasteiger partial charge in [-0.05, 0) is 12.3 Å².